The van der Waals surface area contributed by atoms with Crippen LogP contribution in [0, 0.1) is 0 Å². The molecular weight excluding hydrogens is 232 g/mol. The maximum Gasteiger partial charge on any atom is 0.276 e. The summed E-state index contributed by atoms with van der Waals surface area (Å²) in [6, 6.07) is 8.57. The fourth-order valence-electron chi connectivity index (χ4n) is 1.46. The molecule has 2 rings (SSSR count). The van der Waals surface area contributed by atoms with Crippen LogP contribution in [0.3, 0.4) is 0 Å². The van der Waals surface area contributed by atoms with Gasteiger partial charge in [-0.15, -0.1) is 0 Å². The minimum atomic E-state index is -0.299. The second-order valence-corrected chi connectivity index (χ2v) is 3.76. The van der Waals surface area contributed by atoms with E-state index in [0.29, 0.717) is 11.5 Å². The summed E-state index contributed by atoms with van der Waals surface area (Å²) in [5.41, 5.74) is 6.57. The highest BCUT2D eigenvalue weighted by Crippen LogP contribution is 2.16. The van der Waals surface area contributed by atoms with Crippen molar-refractivity contribution in [2.75, 3.05) is 18.2 Å². The monoisotopic (exact) mass is 246 g/mol. The molecule has 0 unspecified atom stereocenters. The number of nitrogens with two attached hydrogens (primary N) is 1. The molecule has 6 nitrogen and oxygen atoms in total. The summed E-state index contributed by atoms with van der Waals surface area (Å²) < 4.78 is 6.48. The van der Waals surface area contributed by atoms with E-state index in [9.17, 15) is 4.79 Å². The summed E-state index contributed by atoms with van der Waals surface area (Å²) in [6.07, 6.45) is 0. The number of hydrogen-bond acceptors (Lipinski definition) is 4. The van der Waals surface area contributed by atoms with Gasteiger partial charge in [-0.05, 0) is 24.3 Å². The molecule has 0 aliphatic heterocycles. The van der Waals surface area contributed by atoms with Crippen LogP contribution in [0.5, 0.6) is 5.75 Å². The largest absolute Gasteiger partial charge is 0.497 e. The fraction of sp³-hybridized carbons (Fsp3) is 0.167. The topological polar surface area (TPSA) is 82.2 Å². The summed E-state index contributed by atoms with van der Waals surface area (Å²) in [7, 11) is 3.27. The summed E-state index contributed by atoms with van der Waals surface area (Å²) in [5, 5.41) is 6.72. The zero-order chi connectivity index (χ0) is 13.1. The van der Waals surface area contributed by atoms with Crippen molar-refractivity contribution in [1.82, 2.24) is 9.78 Å². The first-order chi connectivity index (χ1) is 8.60. The number of ether oxygens (including phenoxy) is 1. The minimum absolute atomic E-state index is 0.283. The summed E-state index contributed by atoms with van der Waals surface area (Å²) in [6.45, 7) is 0. The molecule has 0 atom stereocenters. The Balaban J connectivity index is 2.10. The molecular formula is C12H14N4O2. The molecule has 1 heterocycles. The predicted octanol–water partition coefficient (Wildman–Crippen LogP) is 1.26. The Bertz CT molecular complexity index is 540. The van der Waals surface area contributed by atoms with Gasteiger partial charge in [0.05, 0.1) is 7.11 Å². The van der Waals surface area contributed by atoms with Gasteiger partial charge in [0, 0.05) is 18.8 Å². The number of carbonyl (C=O) groups is 1. The Morgan fingerprint density at radius 3 is 2.56 bits per heavy atom. The normalized spacial score (nSPS) is 10.1. The molecule has 1 aromatic carbocycles. The van der Waals surface area contributed by atoms with Gasteiger partial charge in [-0.1, -0.05) is 0 Å². The highest BCUT2D eigenvalue weighted by Gasteiger charge is 2.11. The van der Waals surface area contributed by atoms with Crippen LogP contribution in [0.25, 0.3) is 0 Å². The summed E-state index contributed by atoms with van der Waals surface area (Å²) in [4.78, 5) is 11.9. The van der Waals surface area contributed by atoms with Crippen molar-refractivity contribution in [1.29, 1.82) is 0 Å². The van der Waals surface area contributed by atoms with Gasteiger partial charge in [-0.3, -0.25) is 9.48 Å². The Labute approximate surface area is 104 Å². The zero-order valence-electron chi connectivity index (χ0n) is 10.2. The van der Waals surface area contributed by atoms with Crippen LogP contribution in [-0.4, -0.2) is 22.8 Å². The number of rotatable bonds is 3. The van der Waals surface area contributed by atoms with E-state index in [0.717, 1.165) is 5.75 Å². The third-order valence-electron chi connectivity index (χ3n) is 2.50. The predicted molar refractivity (Wildman–Crippen MR) is 68.6 cm³/mol. The molecule has 0 saturated heterocycles. The van der Waals surface area contributed by atoms with Crippen molar-refractivity contribution in [3.05, 3.63) is 36.0 Å². The highest BCUT2D eigenvalue weighted by atomic mass is 16.5. The lowest BCUT2D eigenvalue weighted by molar-refractivity contribution is 0.102. The Morgan fingerprint density at radius 1 is 1.39 bits per heavy atom. The standard InChI is InChI=1S/C12H14N4O2/c1-16-11(13)7-10(15-16)12(17)14-8-3-5-9(18-2)6-4-8/h3-7H,13H2,1-2H3,(H,14,17). The number of nitrogens with one attached hydrogen (secondary N) is 1. The summed E-state index contributed by atoms with van der Waals surface area (Å²) in [5.74, 6) is 0.873. The van der Waals surface area contributed by atoms with Gasteiger partial charge in [-0.25, -0.2) is 0 Å². The molecule has 1 aromatic heterocycles. The van der Waals surface area contributed by atoms with Gasteiger partial charge in [0.1, 0.15) is 11.6 Å². The van der Waals surface area contributed by atoms with Gasteiger partial charge in [0.2, 0.25) is 0 Å². The maximum atomic E-state index is 11.9. The molecule has 0 radical (unpaired) electrons. The molecule has 2 aromatic rings. The van der Waals surface area contributed by atoms with E-state index >= 15 is 0 Å². The van der Waals surface area contributed by atoms with Crippen molar-refractivity contribution in [2.45, 2.75) is 0 Å². The van der Waals surface area contributed by atoms with E-state index in [1.165, 1.54) is 10.7 Å². The molecule has 0 saturated carbocycles. The minimum Gasteiger partial charge on any atom is -0.497 e. The number of hydrogen-bond donors (Lipinski definition) is 2. The number of methoxy groups -OCH3 is 1. The quantitative estimate of drug-likeness (QED) is 0.854. The second-order valence-electron chi connectivity index (χ2n) is 3.76. The van der Waals surface area contributed by atoms with Crippen LogP contribution < -0.4 is 15.8 Å². The van der Waals surface area contributed by atoms with Gasteiger partial charge in [0.15, 0.2) is 5.69 Å². The smallest absolute Gasteiger partial charge is 0.276 e. The average molecular weight is 246 g/mol. The molecule has 94 valence electrons. The van der Waals surface area contributed by atoms with Crippen LogP contribution in [0.4, 0.5) is 11.5 Å². The van der Waals surface area contributed by atoms with E-state index in [4.69, 9.17) is 10.5 Å². The van der Waals surface area contributed by atoms with Gasteiger partial charge in [-0.2, -0.15) is 5.10 Å². The zero-order valence-corrected chi connectivity index (χ0v) is 10.2. The lowest BCUT2D eigenvalue weighted by Crippen LogP contribution is -2.12. The summed E-state index contributed by atoms with van der Waals surface area (Å²) >= 11 is 0. The van der Waals surface area contributed by atoms with E-state index < -0.39 is 0 Å². The second kappa shape index (κ2) is 4.79. The molecule has 3 N–H and O–H groups in total. The number of nitrogen functional groups attached to an aromatic ring is 1. The van der Waals surface area contributed by atoms with E-state index in [1.807, 2.05) is 0 Å². The number of nitrogens with zero attached hydrogens (tertiary/aromatic N) is 2. The number of anilines is 2. The van der Waals surface area contributed by atoms with E-state index in [1.54, 1.807) is 38.4 Å². The van der Waals surface area contributed by atoms with Crippen LogP contribution >= 0.6 is 0 Å². The van der Waals surface area contributed by atoms with Crippen molar-refractivity contribution < 1.29 is 9.53 Å². The molecule has 0 aliphatic carbocycles. The van der Waals surface area contributed by atoms with Crippen LogP contribution in [0.2, 0.25) is 0 Å². The first kappa shape index (κ1) is 12.0. The van der Waals surface area contributed by atoms with Crippen molar-refractivity contribution in [2.24, 2.45) is 7.05 Å². The third-order valence-corrected chi connectivity index (χ3v) is 2.50. The van der Waals surface area contributed by atoms with Gasteiger partial charge >= 0.3 is 0 Å². The SMILES string of the molecule is COc1ccc(NC(=O)c2cc(N)n(C)n2)cc1. The molecule has 0 aliphatic rings. The molecule has 18 heavy (non-hydrogen) atoms. The van der Waals surface area contributed by atoms with Crippen molar-refractivity contribution >= 4 is 17.4 Å². The van der Waals surface area contributed by atoms with Crippen molar-refractivity contribution in [3.63, 3.8) is 0 Å². The number of amides is 1. The third kappa shape index (κ3) is 2.42. The number of benzene rings is 1. The first-order valence-electron chi connectivity index (χ1n) is 5.35. The molecule has 1 amide bonds. The maximum absolute atomic E-state index is 11.9. The average Bonchev–Trinajstić information content (AvgIpc) is 2.71. The van der Waals surface area contributed by atoms with Crippen LogP contribution in [0.1, 0.15) is 10.5 Å². The van der Waals surface area contributed by atoms with Gasteiger partial charge in [0.25, 0.3) is 5.91 Å². The Kier molecular flexibility index (Phi) is 3.18. The van der Waals surface area contributed by atoms with Crippen LogP contribution in [-0.2, 0) is 7.05 Å². The van der Waals surface area contributed by atoms with Crippen LogP contribution in [0.15, 0.2) is 30.3 Å². The van der Waals surface area contributed by atoms with Crippen molar-refractivity contribution in [3.8, 4) is 5.75 Å². The highest BCUT2D eigenvalue weighted by molar-refractivity contribution is 6.03. The fourth-order valence-corrected chi connectivity index (χ4v) is 1.46. The lowest BCUT2D eigenvalue weighted by atomic mass is 10.3. The Morgan fingerprint density at radius 2 is 2.06 bits per heavy atom. The Hall–Kier alpha value is -2.50. The molecule has 6 heteroatoms. The number of aromatic nitrogens is 2. The molecule has 0 spiro atoms. The van der Waals surface area contributed by atoms with E-state index in [2.05, 4.69) is 10.4 Å². The number of carbonyl (C=O) groups excluding carboxylic acids is 1. The lowest BCUT2D eigenvalue weighted by Gasteiger charge is -2.04. The van der Waals surface area contributed by atoms with Gasteiger partial charge < -0.3 is 15.8 Å². The molecule has 0 fully saturated rings. The first-order valence-corrected chi connectivity index (χ1v) is 5.35. The number of aryl methyl sites for hydroxylation is 1. The van der Waals surface area contributed by atoms with E-state index in [-0.39, 0.29) is 11.6 Å². The molecule has 0 bridgehead atoms.